The van der Waals surface area contributed by atoms with Gasteiger partial charge < -0.3 is 19.9 Å². The fourth-order valence-electron chi connectivity index (χ4n) is 2.99. The highest BCUT2D eigenvalue weighted by atomic mass is 32.1. The molecule has 0 atom stereocenters. The van der Waals surface area contributed by atoms with Gasteiger partial charge in [-0.1, -0.05) is 0 Å². The van der Waals surface area contributed by atoms with Crippen LogP contribution in [0.2, 0.25) is 0 Å². The van der Waals surface area contributed by atoms with E-state index in [4.69, 9.17) is 4.74 Å². The molecule has 0 unspecified atom stereocenters. The highest BCUT2D eigenvalue weighted by Crippen LogP contribution is 2.12. The van der Waals surface area contributed by atoms with Gasteiger partial charge in [-0.25, -0.2) is 9.78 Å². The Kier molecular flexibility index (Phi) is 8.06. The highest BCUT2D eigenvalue weighted by molar-refractivity contribution is 7.09. The number of carbonyl (C=O) groups is 1. The summed E-state index contributed by atoms with van der Waals surface area (Å²) in [6.45, 7) is 13.3. The van der Waals surface area contributed by atoms with Gasteiger partial charge in [0.2, 0.25) is 0 Å². The van der Waals surface area contributed by atoms with E-state index in [9.17, 15) is 4.79 Å². The Morgan fingerprint density at radius 2 is 2.04 bits per heavy atom. The number of carbonyl (C=O) groups excluding carboxylic acids is 1. The molecular formula is C19H34N6O2S. The zero-order valence-electron chi connectivity index (χ0n) is 18.0. The van der Waals surface area contributed by atoms with Crippen molar-refractivity contribution in [3.63, 3.8) is 0 Å². The summed E-state index contributed by atoms with van der Waals surface area (Å²) in [6.07, 6.45) is -0.218. The van der Waals surface area contributed by atoms with Crippen molar-refractivity contribution in [2.24, 2.45) is 4.99 Å². The van der Waals surface area contributed by atoms with Crippen LogP contribution in [0.25, 0.3) is 0 Å². The van der Waals surface area contributed by atoms with Crippen LogP contribution < -0.4 is 5.32 Å². The van der Waals surface area contributed by atoms with Gasteiger partial charge in [0.15, 0.2) is 5.96 Å². The second-order valence-electron chi connectivity index (χ2n) is 8.00. The maximum Gasteiger partial charge on any atom is 0.410 e. The number of ether oxygens (including phenoxy) is 1. The molecule has 1 fully saturated rings. The normalized spacial score (nSPS) is 16.2. The van der Waals surface area contributed by atoms with E-state index in [0.29, 0.717) is 13.1 Å². The minimum Gasteiger partial charge on any atom is -0.444 e. The van der Waals surface area contributed by atoms with E-state index in [1.807, 2.05) is 34.7 Å². The molecule has 158 valence electrons. The molecule has 1 saturated heterocycles. The highest BCUT2D eigenvalue weighted by Gasteiger charge is 2.25. The maximum atomic E-state index is 12.1. The third kappa shape index (κ3) is 7.27. The number of hydrogen-bond donors (Lipinski definition) is 1. The summed E-state index contributed by atoms with van der Waals surface area (Å²) >= 11 is 1.67. The Hall–Kier alpha value is -1.87. The van der Waals surface area contributed by atoms with Crippen LogP contribution in [0.4, 0.5) is 4.79 Å². The van der Waals surface area contributed by atoms with Gasteiger partial charge in [-0.3, -0.25) is 9.89 Å². The molecule has 1 aliphatic heterocycles. The van der Waals surface area contributed by atoms with E-state index in [2.05, 4.69) is 30.5 Å². The molecule has 8 nitrogen and oxygen atoms in total. The number of aromatic nitrogens is 1. The molecule has 9 heteroatoms. The van der Waals surface area contributed by atoms with Crippen LogP contribution >= 0.6 is 11.3 Å². The number of nitrogens with zero attached hydrogens (tertiary/aromatic N) is 5. The van der Waals surface area contributed by atoms with Crippen molar-refractivity contribution >= 4 is 23.4 Å². The first-order valence-electron chi connectivity index (χ1n) is 9.71. The van der Waals surface area contributed by atoms with Crippen LogP contribution in [0.5, 0.6) is 0 Å². The molecule has 1 aromatic heterocycles. The maximum absolute atomic E-state index is 12.1. The first-order valence-corrected chi connectivity index (χ1v) is 10.6. The zero-order chi connectivity index (χ0) is 20.7. The number of rotatable bonds is 5. The third-order valence-corrected chi connectivity index (χ3v) is 5.20. The summed E-state index contributed by atoms with van der Waals surface area (Å²) in [7, 11) is 3.81. The quantitative estimate of drug-likeness (QED) is 0.591. The van der Waals surface area contributed by atoms with Gasteiger partial charge in [0.25, 0.3) is 0 Å². The lowest BCUT2D eigenvalue weighted by Gasteiger charge is -2.35. The number of hydrogen-bond acceptors (Lipinski definition) is 6. The Morgan fingerprint density at radius 3 is 2.57 bits per heavy atom. The van der Waals surface area contributed by atoms with Crippen LogP contribution in [-0.2, 0) is 11.3 Å². The summed E-state index contributed by atoms with van der Waals surface area (Å²) < 4.78 is 5.45. The van der Waals surface area contributed by atoms with Crippen LogP contribution in [0.15, 0.2) is 10.4 Å². The molecule has 0 radical (unpaired) electrons. The van der Waals surface area contributed by atoms with Crippen LogP contribution in [0.1, 0.15) is 31.5 Å². The second kappa shape index (κ2) is 10.1. The van der Waals surface area contributed by atoms with Crippen molar-refractivity contribution < 1.29 is 9.53 Å². The molecule has 1 aliphatic rings. The molecule has 2 heterocycles. The molecule has 0 aliphatic carbocycles. The Bertz CT molecular complexity index is 662. The standard InChI is InChI=1S/C19H34N6O2S/c1-15-22-16(14-28-15)13-23(6)17(20-5)21-7-8-24-9-11-25(12-10-24)18(26)27-19(2,3)4/h14H,7-13H2,1-6H3,(H,20,21). The van der Waals surface area contributed by atoms with Gasteiger partial charge in [-0.05, 0) is 27.7 Å². The Labute approximate surface area is 172 Å². The van der Waals surface area contributed by atoms with Crippen molar-refractivity contribution in [2.45, 2.75) is 39.8 Å². The smallest absolute Gasteiger partial charge is 0.410 e. The number of guanidine groups is 1. The number of aryl methyl sites for hydroxylation is 1. The predicted molar refractivity (Wildman–Crippen MR) is 114 cm³/mol. The van der Waals surface area contributed by atoms with E-state index in [-0.39, 0.29) is 6.09 Å². The van der Waals surface area contributed by atoms with Gasteiger partial charge >= 0.3 is 6.09 Å². The monoisotopic (exact) mass is 410 g/mol. The molecule has 28 heavy (non-hydrogen) atoms. The Balaban J connectivity index is 1.69. The summed E-state index contributed by atoms with van der Waals surface area (Å²) in [5.41, 5.74) is 0.614. The molecule has 1 amide bonds. The van der Waals surface area contributed by atoms with E-state index < -0.39 is 5.60 Å². The van der Waals surface area contributed by atoms with Crippen molar-refractivity contribution in [1.29, 1.82) is 0 Å². The minimum absolute atomic E-state index is 0.218. The lowest BCUT2D eigenvalue weighted by molar-refractivity contribution is 0.0147. The van der Waals surface area contributed by atoms with Gasteiger partial charge in [0, 0.05) is 58.7 Å². The molecule has 2 rings (SSSR count). The lowest BCUT2D eigenvalue weighted by atomic mass is 10.2. The van der Waals surface area contributed by atoms with E-state index in [1.54, 1.807) is 23.3 Å². The molecule has 1 aromatic rings. The molecule has 0 aromatic carbocycles. The van der Waals surface area contributed by atoms with E-state index in [0.717, 1.165) is 49.4 Å². The number of thiazole rings is 1. The largest absolute Gasteiger partial charge is 0.444 e. The number of piperazine rings is 1. The molecule has 1 N–H and O–H groups in total. The first-order chi connectivity index (χ1) is 13.2. The van der Waals surface area contributed by atoms with Crippen molar-refractivity contribution in [3.05, 3.63) is 16.1 Å². The third-order valence-electron chi connectivity index (χ3n) is 4.37. The summed E-state index contributed by atoms with van der Waals surface area (Å²) in [5, 5.41) is 6.58. The van der Waals surface area contributed by atoms with Crippen molar-refractivity contribution in [2.75, 3.05) is 53.4 Å². The summed E-state index contributed by atoms with van der Waals surface area (Å²) in [6, 6.07) is 0. The molecule has 0 bridgehead atoms. The molecule has 0 saturated carbocycles. The SMILES string of the molecule is CN=C(NCCN1CCN(C(=O)OC(C)(C)C)CC1)N(C)Cc1csc(C)n1. The fourth-order valence-corrected chi connectivity index (χ4v) is 3.59. The van der Waals surface area contributed by atoms with Crippen molar-refractivity contribution in [1.82, 2.24) is 25.0 Å². The van der Waals surface area contributed by atoms with Gasteiger partial charge in [-0.15, -0.1) is 11.3 Å². The van der Waals surface area contributed by atoms with Gasteiger partial charge in [-0.2, -0.15) is 0 Å². The van der Waals surface area contributed by atoms with Crippen molar-refractivity contribution in [3.8, 4) is 0 Å². The second-order valence-corrected chi connectivity index (χ2v) is 9.06. The van der Waals surface area contributed by atoms with Gasteiger partial charge in [0.05, 0.1) is 17.2 Å². The molecular weight excluding hydrogens is 376 g/mol. The lowest BCUT2D eigenvalue weighted by Crippen LogP contribution is -2.51. The predicted octanol–water partition coefficient (Wildman–Crippen LogP) is 2.01. The zero-order valence-corrected chi connectivity index (χ0v) is 18.8. The molecule has 0 spiro atoms. The van der Waals surface area contributed by atoms with Crippen LogP contribution in [-0.4, -0.2) is 90.7 Å². The minimum atomic E-state index is -0.447. The van der Waals surface area contributed by atoms with E-state index in [1.165, 1.54) is 0 Å². The Morgan fingerprint density at radius 1 is 1.36 bits per heavy atom. The fraction of sp³-hybridized carbons (Fsp3) is 0.737. The number of nitrogens with one attached hydrogen (secondary N) is 1. The first kappa shape index (κ1) is 22.4. The summed E-state index contributed by atoms with van der Waals surface area (Å²) in [4.78, 5) is 27.2. The average molecular weight is 411 g/mol. The summed E-state index contributed by atoms with van der Waals surface area (Å²) in [5.74, 6) is 0.859. The van der Waals surface area contributed by atoms with Crippen LogP contribution in [0, 0.1) is 6.92 Å². The van der Waals surface area contributed by atoms with Gasteiger partial charge in [0.1, 0.15) is 5.60 Å². The van der Waals surface area contributed by atoms with Crippen LogP contribution in [0.3, 0.4) is 0 Å². The average Bonchev–Trinajstić information content (AvgIpc) is 3.02. The topological polar surface area (TPSA) is 73.3 Å². The number of amides is 1. The van der Waals surface area contributed by atoms with E-state index >= 15 is 0 Å². The number of aliphatic imine (C=N–C) groups is 1.